The first-order chi connectivity index (χ1) is 6.66. The molecule has 5 heteroatoms. The molecule has 0 aromatic rings. The van der Waals surface area contributed by atoms with Crippen molar-refractivity contribution in [2.24, 2.45) is 5.73 Å². The number of aromatic nitrogens is 2. The molecule has 0 aromatic carbocycles. The van der Waals surface area contributed by atoms with Crippen LogP contribution >= 0.6 is 11.6 Å². The van der Waals surface area contributed by atoms with Crippen LogP contribution < -0.4 is 5.73 Å². The summed E-state index contributed by atoms with van der Waals surface area (Å²) in [4.78, 5) is 17.8. The highest BCUT2D eigenvalue weighted by molar-refractivity contribution is 6.33. The van der Waals surface area contributed by atoms with Crippen molar-refractivity contribution in [1.29, 1.82) is 0 Å². The minimum atomic E-state index is -0.378. The summed E-state index contributed by atoms with van der Waals surface area (Å²) in [7, 11) is 0. The largest absolute Gasteiger partial charge is 0.369 e. The fourth-order valence-electron chi connectivity index (χ4n) is 1.30. The number of nitrogens with two attached hydrogens (primary N) is 1. The molecule has 72 valence electrons. The smallest absolute Gasteiger partial charge is 0.223 e. The van der Waals surface area contributed by atoms with Gasteiger partial charge in [0, 0.05) is 11.9 Å². The normalized spacial score (nSPS) is 10.6. The number of halogens is 1. The van der Waals surface area contributed by atoms with E-state index in [2.05, 4.69) is 9.97 Å². The number of H-pyrrole nitrogens is 1. The lowest BCUT2D eigenvalue weighted by atomic mass is 10.2. The highest BCUT2D eigenvalue weighted by Gasteiger charge is 2.10. The van der Waals surface area contributed by atoms with E-state index in [1.807, 2.05) is 0 Å². The number of hydrogen-bond donors (Lipinski definition) is 2. The first kappa shape index (κ1) is 9.02. The second-order valence-electron chi connectivity index (χ2n) is 2.99. The topological polar surface area (TPSA) is 71.8 Å². The van der Waals surface area contributed by atoms with Crippen molar-refractivity contribution in [2.75, 3.05) is 0 Å². The Hall–Kier alpha value is -1.55. The number of amides is 1. The number of carbonyl (C=O) groups excluding carboxylic acids is 1. The van der Waals surface area contributed by atoms with E-state index in [0.29, 0.717) is 5.02 Å². The maximum atomic E-state index is 10.7. The van der Waals surface area contributed by atoms with Gasteiger partial charge in [0.2, 0.25) is 5.91 Å². The van der Waals surface area contributed by atoms with E-state index in [0.717, 1.165) is 17.1 Å². The molecule has 0 radical (unpaired) electrons. The van der Waals surface area contributed by atoms with Gasteiger partial charge in [-0.05, 0) is 12.1 Å². The van der Waals surface area contributed by atoms with Gasteiger partial charge in [-0.25, -0.2) is 0 Å². The summed E-state index contributed by atoms with van der Waals surface area (Å²) < 4.78 is 0. The monoisotopic (exact) mass is 209 g/mol. The Morgan fingerprint density at radius 3 is 3.07 bits per heavy atom. The lowest BCUT2D eigenvalue weighted by Crippen LogP contribution is -2.14. The molecule has 0 bridgehead atoms. The Balaban J connectivity index is 2.45. The van der Waals surface area contributed by atoms with Gasteiger partial charge in [0.1, 0.15) is 0 Å². The maximum absolute atomic E-state index is 10.7. The average molecular weight is 210 g/mol. The molecule has 2 aliphatic rings. The van der Waals surface area contributed by atoms with E-state index in [1.54, 1.807) is 18.3 Å². The fourth-order valence-corrected chi connectivity index (χ4v) is 1.49. The van der Waals surface area contributed by atoms with Gasteiger partial charge >= 0.3 is 0 Å². The predicted molar refractivity (Wildman–Crippen MR) is 53.1 cm³/mol. The summed E-state index contributed by atoms with van der Waals surface area (Å²) in [6.07, 6.45) is 1.74. The van der Waals surface area contributed by atoms with E-state index in [4.69, 9.17) is 17.3 Å². The molecule has 0 aromatic heterocycles. The molecule has 0 saturated carbocycles. The summed E-state index contributed by atoms with van der Waals surface area (Å²) in [6, 6.07) is 3.58. The summed E-state index contributed by atoms with van der Waals surface area (Å²) >= 11 is 5.87. The van der Waals surface area contributed by atoms with Crippen LogP contribution in [0.3, 0.4) is 0 Å². The number of primary amides is 1. The van der Waals surface area contributed by atoms with Crippen LogP contribution in [-0.2, 0) is 11.2 Å². The van der Waals surface area contributed by atoms with Crippen molar-refractivity contribution in [2.45, 2.75) is 6.42 Å². The average Bonchev–Trinajstić information content (AvgIpc) is 2.47. The second kappa shape index (κ2) is 3.31. The van der Waals surface area contributed by atoms with Crippen molar-refractivity contribution >= 4 is 17.5 Å². The summed E-state index contributed by atoms with van der Waals surface area (Å²) in [5.41, 5.74) is 7.33. The summed E-state index contributed by atoms with van der Waals surface area (Å²) in [6.45, 7) is 0. The zero-order valence-electron chi connectivity index (χ0n) is 7.25. The van der Waals surface area contributed by atoms with E-state index in [1.165, 1.54) is 0 Å². The quantitative estimate of drug-likeness (QED) is 0.780. The number of rotatable bonds is 2. The molecule has 0 fully saturated rings. The number of aromatic amines is 1. The van der Waals surface area contributed by atoms with E-state index in [-0.39, 0.29) is 12.3 Å². The van der Waals surface area contributed by atoms with Crippen molar-refractivity contribution in [3.8, 4) is 11.4 Å². The second-order valence-corrected chi connectivity index (χ2v) is 3.40. The van der Waals surface area contributed by atoms with Gasteiger partial charge in [0.05, 0.1) is 22.8 Å². The molecule has 0 aliphatic carbocycles. The molecule has 14 heavy (non-hydrogen) atoms. The van der Waals surface area contributed by atoms with E-state index < -0.39 is 0 Å². The molecule has 2 aliphatic heterocycles. The highest BCUT2D eigenvalue weighted by atomic mass is 35.5. The Morgan fingerprint density at radius 1 is 1.57 bits per heavy atom. The van der Waals surface area contributed by atoms with Crippen LogP contribution in [0.5, 0.6) is 0 Å². The number of fused-ring (bicyclic) bond motifs is 1. The molecule has 0 unspecified atom stereocenters. The minimum absolute atomic E-state index is 0.178. The molecular formula is C9H8ClN3O. The standard InChI is InChI=1S/C9H8ClN3O/c10-6-4-12-7-2-1-5(3-8(11)14)13-9(6)7/h1-2,4,13H,3H2,(H2,11,14). The van der Waals surface area contributed by atoms with Crippen LogP contribution in [-0.4, -0.2) is 15.9 Å². The third-order valence-electron chi connectivity index (χ3n) is 1.90. The predicted octanol–water partition coefficient (Wildman–Crippen LogP) is 1.20. The molecule has 2 heterocycles. The first-order valence-corrected chi connectivity index (χ1v) is 4.45. The molecular weight excluding hydrogens is 202 g/mol. The van der Waals surface area contributed by atoms with E-state index >= 15 is 0 Å². The Bertz CT molecular complexity index is 452. The fraction of sp³-hybridized carbons (Fsp3) is 0.111. The van der Waals surface area contributed by atoms with Gasteiger partial charge in [0.25, 0.3) is 0 Å². The van der Waals surface area contributed by atoms with Gasteiger partial charge in [-0.15, -0.1) is 0 Å². The van der Waals surface area contributed by atoms with Crippen LogP contribution in [0.25, 0.3) is 11.4 Å². The number of carbonyl (C=O) groups is 1. The van der Waals surface area contributed by atoms with Crippen molar-refractivity contribution in [3.63, 3.8) is 0 Å². The van der Waals surface area contributed by atoms with Gasteiger partial charge in [0.15, 0.2) is 0 Å². The number of nitrogens with one attached hydrogen (secondary N) is 1. The first-order valence-electron chi connectivity index (χ1n) is 4.07. The van der Waals surface area contributed by atoms with Crippen LogP contribution in [0.4, 0.5) is 0 Å². The molecule has 3 N–H and O–H groups in total. The number of nitrogens with zero attached hydrogens (tertiary/aromatic N) is 1. The maximum Gasteiger partial charge on any atom is 0.223 e. The highest BCUT2D eigenvalue weighted by Crippen LogP contribution is 2.26. The number of pyridine rings is 1. The minimum Gasteiger partial charge on any atom is -0.369 e. The Labute approximate surface area is 85.4 Å². The van der Waals surface area contributed by atoms with Crippen LogP contribution in [0, 0.1) is 0 Å². The summed E-state index contributed by atoms with van der Waals surface area (Å²) in [5, 5.41) is 0.548. The lowest BCUT2D eigenvalue weighted by molar-refractivity contribution is -0.117. The van der Waals surface area contributed by atoms with Crippen LogP contribution in [0.2, 0.25) is 5.02 Å². The molecule has 0 spiro atoms. The van der Waals surface area contributed by atoms with Gasteiger partial charge in [-0.3, -0.25) is 9.78 Å². The molecule has 4 nitrogen and oxygen atoms in total. The SMILES string of the molecule is NC(=O)Cc1ccc2ncc(Cl)c-2[nH]1. The molecule has 2 rings (SSSR count). The van der Waals surface area contributed by atoms with Crippen LogP contribution in [0.15, 0.2) is 18.3 Å². The van der Waals surface area contributed by atoms with Crippen molar-refractivity contribution in [3.05, 3.63) is 29.0 Å². The Kier molecular flexibility index (Phi) is 2.13. The molecule has 0 atom stereocenters. The van der Waals surface area contributed by atoms with E-state index in [9.17, 15) is 4.79 Å². The third kappa shape index (κ3) is 1.56. The van der Waals surface area contributed by atoms with Crippen molar-refractivity contribution in [1.82, 2.24) is 9.97 Å². The van der Waals surface area contributed by atoms with Gasteiger partial charge in [-0.2, -0.15) is 0 Å². The van der Waals surface area contributed by atoms with Crippen LogP contribution in [0.1, 0.15) is 5.69 Å². The van der Waals surface area contributed by atoms with Crippen molar-refractivity contribution < 1.29 is 4.79 Å². The molecule has 0 saturated heterocycles. The summed E-state index contributed by atoms with van der Waals surface area (Å²) in [5.74, 6) is -0.378. The zero-order valence-corrected chi connectivity index (χ0v) is 8.01. The van der Waals surface area contributed by atoms with Gasteiger partial charge in [-0.1, -0.05) is 11.6 Å². The Morgan fingerprint density at radius 2 is 2.36 bits per heavy atom. The lowest BCUT2D eigenvalue weighted by Gasteiger charge is -2.03. The molecule has 1 amide bonds. The van der Waals surface area contributed by atoms with Gasteiger partial charge < -0.3 is 10.7 Å². The zero-order chi connectivity index (χ0) is 10.1. The third-order valence-corrected chi connectivity index (χ3v) is 2.19. The number of hydrogen-bond acceptors (Lipinski definition) is 2.